The van der Waals surface area contributed by atoms with E-state index in [1.54, 1.807) is 6.20 Å². The molecule has 0 spiro atoms. The summed E-state index contributed by atoms with van der Waals surface area (Å²) >= 11 is 0. The van der Waals surface area contributed by atoms with Crippen LogP contribution in [0.2, 0.25) is 0 Å². The molecule has 0 aromatic carbocycles. The molecule has 1 heterocycles. The van der Waals surface area contributed by atoms with E-state index in [4.69, 9.17) is 5.73 Å². The molecule has 0 amide bonds. The summed E-state index contributed by atoms with van der Waals surface area (Å²) in [5.41, 5.74) is 10.6. The summed E-state index contributed by atoms with van der Waals surface area (Å²) < 4.78 is 0. The number of nitrogen functional groups attached to an aromatic ring is 1. The molecule has 0 radical (unpaired) electrons. The Morgan fingerprint density at radius 2 is 2.08 bits per heavy atom. The molecule has 0 bridgehead atoms. The first-order chi connectivity index (χ1) is 5.54. The van der Waals surface area contributed by atoms with E-state index in [-0.39, 0.29) is 0 Å². The lowest BCUT2D eigenvalue weighted by molar-refractivity contribution is 1.14. The van der Waals surface area contributed by atoms with Crippen LogP contribution in [0.4, 0.5) is 5.69 Å². The Morgan fingerprint density at radius 3 is 2.58 bits per heavy atom. The number of rotatable bonds is 1. The third-order valence-corrected chi connectivity index (χ3v) is 2.08. The van der Waals surface area contributed by atoms with Crippen molar-refractivity contribution >= 4 is 11.3 Å². The molecule has 2 heteroatoms. The highest BCUT2D eigenvalue weighted by Crippen LogP contribution is 2.23. The van der Waals surface area contributed by atoms with Crippen LogP contribution in [0.25, 0.3) is 5.57 Å². The van der Waals surface area contributed by atoms with Crippen LogP contribution < -0.4 is 5.73 Å². The Hall–Kier alpha value is -1.31. The molecule has 1 aromatic heterocycles. The van der Waals surface area contributed by atoms with Crippen LogP contribution in [0, 0.1) is 13.8 Å². The van der Waals surface area contributed by atoms with Crippen molar-refractivity contribution in [1.29, 1.82) is 0 Å². The number of allylic oxidation sites excluding steroid dienone is 1. The molecule has 0 saturated carbocycles. The maximum Gasteiger partial charge on any atom is 0.0453 e. The van der Waals surface area contributed by atoms with E-state index in [0.29, 0.717) is 0 Å². The van der Waals surface area contributed by atoms with Gasteiger partial charge in [-0.15, -0.1) is 0 Å². The summed E-state index contributed by atoms with van der Waals surface area (Å²) in [5.74, 6) is 0. The van der Waals surface area contributed by atoms with Gasteiger partial charge in [-0.2, -0.15) is 0 Å². The third-order valence-electron chi connectivity index (χ3n) is 2.08. The Bertz CT molecular complexity index is 327. The zero-order chi connectivity index (χ0) is 9.30. The van der Waals surface area contributed by atoms with Gasteiger partial charge in [-0.25, -0.2) is 0 Å². The Kier molecular flexibility index (Phi) is 2.18. The van der Waals surface area contributed by atoms with Crippen molar-refractivity contribution < 1.29 is 0 Å². The van der Waals surface area contributed by atoms with Crippen molar-refractivity contribution in [2.45, 2.75) is 20.8 Å². The second kappa shape index (κ2) is 2.97. The Balaban J connectivity index is 3.36. The van der Waals surface area contributed by atoms with Crippen molar-refractivity contribution in [1.82, 2.24) is 4.98 Å². The van der Waals surface area contributed by atoms with E-state index < -0.39 is 0 Å². The molecule has 0 aliphatic heterocycles. The molecule has 2 nitrogen and oxygen atoms in total. The summed E-state index contributed by atoms with van der Waals surface area (Å²) in [7, 11) is 0. The average Bonchev–Trinajstić information content (AvgIpc) is 2.00. The number of hydrogen-bond donors (Lipinski definition) is 1. The lowest BCUT2D eigenvalue weighted by Gasteiger charge is -2.08. The van der Waals surface area contributed by atoms with Crippen LogP contribution in [0.3, 0.4) is 0 Å². The van der Waals surface area contributed by atoms with E-state index in [9.17, 15) is 0 Å². The molecular weight excluding hydrogens is 148 g/mol. The smallest absolute Gasteiger partial charge is 0.0453 e. The number of nitrogens with zero attached hydrogens (tertiary/aromatic N) is 1. The van der Waals surface area contributed by atoms with Crippen LogP contribution in [0.15, 0.2) is 12.8 Å². The van der Waals surface area contributed by atoms with Crippen molar-refractivity contribution in [2.75, 3.05) is 5.73 Å². The SMILES string of the molecule is C=C(C)c1cnc(C)c(C)c1N. The normalized spacial score (nSPS) is 9.92. The van der Waals surface area contributed by atoms with E-state index >= 15 is 0 Å². The second-order valence-corrected chi connectivity index (χ2v) is 3.08. The summed E-state index contributed by atoms with van der Waals surface area (Å²) in [6.45, 7) is 9.70. The van der Waals surface area contributed by atoms with Gasteiger partial charge in [0.1, 0.15) is 0 Å². The van der Waals surface area contributed by atoms with Crippen molar-refractivity contribution in [2.24, 2.45) is 0 Å². The molecule has 0 aliphatic carbocycles. The summed E-state index contributed by atoms with van der Waals surface area (Å²) in [5, 5.41) is 0. The first kappa shape index (κ1) is 8.78. The highest BCUT2D eigenvalue weighted by atomic mass is 14.7. The monoisotopic (exact) mass is 162 g/mol. The van der Waals surface area contributed by atoms with Crippen molar-refractivity contribution in [3.05, 3.63) is 29.6 Å². The molecule has 1 rings (SSSR count). The largest absolute Gasteiger partial charge is 0.398 e. The van der Waals surface area contributed by atoms with Crippen LogP contribution in [0.1, 0.15) is 23.7 Å². The molecule has 1 aromatic rings. The average molecular weight is 162 g/mol. The second-order valence-electron chi connectivity index (χ2n) is 3.08. The van der Waals surface area contributed by atoms with Gasteiger partial charge in [0.25, 0.3) is 0 Å². The van der Waals surface area contributed by atoms with Crippen molar-refractivity contribution in [3.63, 3.8) is 0 Å². The van der Waals surface area contributed by atoms with E-state index in [0.717, 1.165) is 28.1 Å². The maximum absolute atomic E-state index is 5.88. The van der Waals surface area contributed by atoms with Gasteiger partial charge in [0.15, 0.2) is 0 Å². The maximum atomic E-state index is 5.88. The first-order valence-electron chi connectivity index (χ1n) is 3.91. The summed E-state index contributed by atoms with van der Waals surface area (Å²) in [6.07, 6.45) is 1.78. The topological polar surface area (TPSA) is 38.9 Å². The number of anilines is 1. The fourth-order valence-electron chi connectivity index (χ4n) is 1.06. The van der Waals surface area contributed by atoms with Gasteiger partial charge in [-0.05, 0) is 31.9 Å². The van der Waals surface area contributed by atoms with Gasteiger partial charge in [-0.1, -0.05) is 6.58 Å². The molecule has 0 saturated heterocycles. The Labute approximate surface area is 73.1 Å². The number of hydrogen-bond acceptors (Lipinski definition) is 2. The zero-order valence-corrected chi connectivity index (χ0v) is 7.81. The fourth-order valence-corrected chi connectivity index (χ4v) is 1.06. The standard InChI is InChI=1S/C10H14N2/c1-6(2)9-5-12-8(4)7(3)10(9)11/h5H,1H2,2-4H3,(H2,11,12). The van der Waals surface area contributed by atoms with E-state index in [1.165, 1.54) is 0 Å². The molecule has 12 heavy (non-hydrogen) atoms. The van der Waals surface area contributed by atoms with Gasteiger partial charge >= 0.3 is 0 Å². The van der Waals surface area contributed by atoms with Gasteiger partial charge in [0.05, 0.1) is 0 Å². The third kappa shape index (κ3) is 1.33. The minimum Gasteiger partial charge on any atom is -0.398 e. The van der Waals surface area contributed by atoms with E-state index in [1.807, 2.05) is 20.8 Å². The molecule has 0 unspecified atom stereocenters. The summed E-state index contributed by atoms with van der Waals surface area (Å²) in [6, 6.07) is 0. The Morgan fingerprint density at radius 1 is 1.50 bits per heavy atom. The van der Waals surface area contributed by atoms with E-state index in [2.05, 4.69) is 11.6 Å². The van der Waals surface area contributed by atoms with Crippen LogP contribution in [-0.2, 0) is 0 Å². The first-order valence-corrected chi connectivity index (χ1v) is 3.91. The lowest BCUT2D eigenvalue weighted by atomic mass is 10.1. The van der Waals surface area contributed by atoms with Crippen LogP contribution in [0.5, 0.6) is 0 Å². The molecule has 64 valence electrons. The van der Waals surface area contributed by atoms with Crippen LogP contribution in [-0.4, -0.2) is 4.98 Å². The number of aryl methyl sites for hydroxylation is 1. The number of pyridine rings is 1. The molecular formula is C10H14N2. The quantitative estimate of drug-likeness (QED) is 0.688. The minimum absolute atomic E-state index is 0.801. The lowest BCUT2D eigenvalue weighted by Crippen LogP contribution is -1.99. The molecule has 0 fully saturated rings. The van der Waals surface area contributed by atoms with Crippen molar-refractivity contribution in [3.8, 4) is 0 Å². The van der Waals surface area contributed by atoms with Gasteiger partial charge in [-0.3, -0.25) is 4.98 Å². The summed E-state index contributed by atoms with van der Waals surface area (Å²) in [4.78, 5) is 4.22. The van der Waals surface area contributed by atoms with Gasteiger partial charge < -0.3 is 5.73 Å². The van der Waals surface area contributed by atoms with Crippen LogP contribution >= 0.6 is 0 Å². The molecule has 0 atom stereocenters. The zero-order valence-electron chi connectivity index (χ0n) is 7.81. The number of nitrogens with two attached hydrogens (primary N) is 1. The van der Waals surface area contributed by atoms with Gasteiger partial charge in [0, 0.05) is 23.1 Å². The van der Waals surface area contributed by atoms with Gasteiger partial charge in [0.2, 0.25) is 0 Å². The highest BCUT2D eigenvalue weighted by Gasteiger charge is 2.05. The highest BCUT2D eigenvalue weighted by molar-refractivity contribution is 5.74. The molecule has 0 aliphatic rings. The molecule has 2 N–H and O–H groups in total. The predicted molar refractivity (Wildman–Crippen MR) is 52.8 cm³/mol. The fraction of sp³-hybridized carbons (Fsp3) is 0.300. The minimum atomic E-state index is 0.801. The number of aromatic nitrogens is 1. The predicted octanol–water partition coefficient (Wildman–Crippen LogP) is 2.31.